The topological polar surface area (TPSA) is 101 Å². The third-order valence-corrected chi connectivity index (χ3v) is 4.13. The molecule has 0 saturated carbocycles. The number of rotatable bonds is 8. The fourth-order valence-electron chi connectivity index (χ4n) is 2.19. The van der Waals surface area contributed by atoms with Crippen LogP contribution in [0.5, 0.6) is 0 Å². The monoisotopic (exact) mass is 337 g/mol. The van der Waals surface area contributed by atoms with Gasteiger partial charge in [0, 0.05) is 13.5 Å². The number of amides is 1. The van der Waals surface area contributed by atoms with Crippen molar-refractivity contribution in [1.29, 1.82) is 0 Å². The standard InChI is InChI=1S/C14H23N7OS/c1-5-11-18-14(20-19-11)23-7-12(22)17-10(6-9(2)3)13-15-8-16-21(13)4/h8-10H,5-7H2,1-4H3,(H,17,22)(H,18,19,20)/t10-/m0/s1. The molecule has 0 saturated heterocycles. The first kappa shape index (κ1) is 17.5. The molecule has 8 nitrogen and oxygen atoms in total. The summed E-state index contributed by atoms with van der Waals surface area (Å²) >= 11 is 1.32. The number of aromatic nitrogens is 6. The maximum atomic E-state index is 12.2. The summed E-state index contributed by atoms with van der Waals surface area (Å²) in [5.41, 5.74) is 0. The molecular weight excluding hydrogens is 314 g/mol. The molecule has 0 radical (unpaired) electrons. The number of hydrogen-bond acceptors (Lipinski definition) is 6. The van der Waals surface area contributed by atoms with Gasteiger partial charge in [-0.3, -0.25) is 14.6 Å². The molecule has 1 amide bonds. The van der Waals surface area contributed by atoms with Crippen LogP contribution in [0.1, 0.15) is 44.9 Å². The zero-order chi connectivity index (χ0) is 16.8. The number of nitrogens with one attached hydrogen (secondary N) is 2. The second-order valence-electron chi connectivity index (χ2n) is 5.70. The van der Waals surface area contributed by atoms with Crippen LogP contribution in [0.2, 0.25) is 0 Å². The van der Waals surface area contributed by atoms with Crippen molar-refractivity contribution in [3.05, 3.63) is 18.0 Å². The van der Waals surface area contributed by atoms with Gasteiger partial charge in [0.05, 0.1) is 11.8 Å². The molecule has 0 spiro atoms. The quantitative estimate of drug-likeness (QED) is 0.708. The normalized spacial score (nSPS) is 12.6. The number of hydrogen-bond donors (Lipinski definition) is 2. The zero-order valence-corrected chi connectivity index (χ0v) is 14.7. The van der Waals surface area contributed by atoms with E-state index < -0.39 is 0 Å². The molecule has 0 aliphatic rings. The fraction of sp³-hybridized carbons (Fsp3) is 0.643. The first-order chi connectivity index (χ1) is 11.0. The third-order valence-electron chi connectivity index (χ3n) is 3.28. The van der Waals surface area contributed by atoms with Gasteiger partial charge in [0.15, 0.2) is 0 Å². The maximum absolute atomic E-state index is 12.2. The van der Waals surface area contributed by atoms with Gasteiger partial charge in [-0.25, -0.2) is 9.97 Å². The Kier molecular flexibility index (Phi) is 6.14. The summed E-state index contributed by atoms with van der Waals surface area (Å²) < 4.78 is 1.70. The molecule has 2 N–H and O–H groups in total. The van der Waals surface area contributed by atoms with E-state index in [2.05, 4.69) is 44.4 Å². The predicted octanol–water partition coefficient (Wildman–Crippen LogP) is 1.49. The maximum Gasteiger partial charge on any atom is 0.231 e. The SMILES string of the molecule is CCc1nc(SCC(=O)N[C@@H](CC(C)C)c2ncnn2C)n[nH]1. The van der Waals surface area contributed by atoms with E-state index in [1.54, 1.807) is 4.68 Å². The number of carbonyl (C=O) groups excluding carboxylic acids is 1. The fourth-order valence-corrected chi connectivity index (χ4v) is 2.82. The average molecular weight is 337 g/mol. The van der Waals surface area contributed by atoms with Gasteiger partial charge in [-0.15, -0.1) is 5.10 Å². The number of thioether (sulfide) groups is 1. The largest absolute Gasteiger partial charge is 0.345 e. The molecule has 0 aromatic carbocycles. The minimum atomic E-state index is -0.144. The highest BCUT2D eigenvalue weighted by atomic mass is 32.2. The molecule has 2 aromatic heterocycles. The molecule has 0 aliphatic heterocycles. The molecule has 2 aromatic rings. The van der Waals surface area contributed by atoms with Crippen molar-refractivity contribution >= 4 is 17.7 Å². The van der Waals surface area contributed by atoms with E-state index in [4.69, 9.17) is 0 Å². The van der Waals surface area contributed by atoms with Gasteiger partial charge < -0.3 is 5.32 Å². The van der Waals surface area contributed by atoms with Crippen LogP contribution in [0.25, 0.3) is 0 Å². The summed E-state index contributed by atoms with van der Waals surface area (Å²) in [7, 11) is 1.83. The van der Waals surface area contributed by atoms with Gasteiger partial charge in [-0.05, 0) is 12.3 Å². The van der Waals surface area contributed by atoms with Crippen LogP contribution in [-0.4, -0.2) is 41.6 Å². The Labute approximate surface area is 139 Å². The molecule has 2 rings (SSSR count). The first-order valence-corrected chi connectivity index (χ1v) is 8.65. The van der Waals surface area contributed by atoms with E-state index in [1.807, 2.05) is 14.0 Å². The summed E-state index contributed by atoms with van der Waals surface area (Å²) in [5, 5.41) is 14.6. The van der Waals surface area contributed by atoms with Gasteiger partial charge in [0.1, 0.15) is 18.0 Å². The Morgan fingerprint density at radius 3 is 2.83 bits per heavy atom. The van der Waals surface area contributed by atoms with Crippen LogP contribution in [0.4, 0.5) is 0 Å². The van der Waals surface area contributed by atoms with Gasteiger partial charge in [0.2, 0.25) is 11.1 Å². The van der Waals surface area contributed by atoms with E-state index in [1.165, 1.54) is 18.1 Å². The van der Waals surface area contributed by atoms with E-state index >= 15 is 0 Å². The molecule has 0 bridgehead atoms. The first-order valence-electron chi connectivity index (χ1n) is 7.66. The van der Waals surface area contributed by atoms with Crippen LogP contribution in [0, 0.1) is 5.92 Å². The van der Waals surface area contributed by atoms with Crippen LogP contribution < -0.4 is 5.32 Å². The summed E-state index contributed by atoms with van der Waals surface area (Å²) in [6.45, 7) is 6.23. The number of nitrogens with zero attached hydrogens (tertiary/aromatic N) is 5. The summed E-state index contributed by atoms with van der Waals surface area (Å²) in [5.74, 6) is 2.23. The van der Waals surface area contributed by atoms with E-state index in [-0.39, 0.29) is 17.7 Å². The number of carbonyl (C=O) groups is 1. The molecule has 0 fully saturated rings. The molecule has 126 valence electrons. The minimum absolute atomic E-state index is 0.0634. The van der Waals surface area contributed by atoms with E-state index in [0.29, 0.717) is 11.1 Å². The lowest BCUT2D eigenvalue weighted by molar-refractivity contribution is -0.119. The number of aryl methyl sites for hydroxylation is 2. The van der Waals surface area contributed by atoms with Gasteiger partial charge in [-0.2, -0.15) is 5.10 Å². The number of aromatic amines is 1. The van der Waals surface area contributed by atoms with Crippen molar-refractivity contribution < 1.29 is 4.79 Å². The van der Waals surface area contributed by atoms with Crippen LogP contribution >= 0.6 is 11.8 Å². The lowest BCUT2D eigenvalue weighted by Gasteiger charge is -2.19. The summed E-state index contributed by atoms with van der Waals surface area (Å²) in [4.78, 5) is 20.8. The molecule has 23 heavy (non-hydrogen) atoms. The average Bonchev–Trinajstić information content (AvgIpc) is 3.12. The van der Waals surface area contributed by atoms with Crippen LogP contribution in [0.15, 0.2) is 11.5 Å². The highest BCUT2D eigenvalue weighted by Crippen LogP contribution is 2.19. The van der Waals surface area contributed by atoms with Crippen molar-refractivity contribution in [2.24, 2.45) is 13.0 Å². The van der Waals surface area contributed by atoms with Crippen LogP contribution in [-0.2, 0) is 18.3 Å². The molecule has 9 heteroatoms. The molecule has 1 atom stereocenters. The van der Waals surface area contributed by atoms with Crippen molar-refractivity contribution in [3.8, 4) is 0 Å². The smallest absolute Gasteiger partial charge is 0.231 e. The Bertz CT molecular complexity index is 637. The Morgan fingerprint density at radius 1 is 1.48 bits per heavy atom. The van der Waals surface area contributed by atoms with E-state index in [0.717, 1.165) is 24.5 Å². The number of H-pyrrole nitrogens is 1. The molecule has 2 heterocycles. The highest BCUT2D eigenvalue weighted by molar-refractivity contribution is 7.99. The molecular formula is C14H23N7OS. The summed E-state index contributed by atoms with van der Waals surface area (Å²) in [6, 6.07) is -0.144. The van der Waals surface area contributed by atoms with Crippen molar-refractivity contribution in [1.82, 2.24) is 35.3 Å². The second-order valence-corrected chi connectivity index (χ2v) is 6.64. The van der Waals surface area contributed by atoms with E-state index in [9.17, 15) is 4.79 Å². The lowest BCUT2D eigenvalue weighted by Crippen LogP contribution is -2.32. The van der Waals surface area contributed by atoms with Gasteiger partial charge >= 0.3 is 0 Å². The van der Waals surface area contributed by atoms with Crippen LogP contribution in [0.3, 0.4) is 0 Å². The Morgan fingerprint density at radius 2 is 2.26 bits per heavy atom. The molecule has 0 aliphatic carbocycles. The summed E-state index contributed by atoms with van der Waals surface area (Å²) in [6.07, 6.45) is 3.11. The highest BCUT2D eigenvalue weighted by Gasteiger charge is 2.20. The van der Waals surface area contributed by atoms with Crippen molar-refractivity contribution in [2.75, 3.05) is 5.75 Å². The predicted molar refractivity (Wildman–Crippen MR) is 87.8 cm³/mol. The Balaban J connectivity index is 1.93. The zero-order valence-electron chi connectivity index (χ0n) is 13.9. The lowest BCUT2D eigenvalue weighted by atomic mass is 10.0. The van der Waals surface area contributed by atoms with Gasteiger partial charge in [-0.1, -0.05) is 32.5 Å². The van der Waals surface area contributed by atoms with Gasteiger partial charge in [0.25, 0.3) is 0 Å². The second kappa shape index (κ2) is 8.09. The van der Waals surface area contributed by atoms with Crippen molar-refractivity contribution in [3.63, 3.8) is 0 Å². The minimum Gasteiger partial charge on any atom is -0.345 e. The van der Waals surface area contributed by atoms with Crippen molar-refractivity contribution in [2.45, 2.75) is 44.8 Å². The molecule has 0 unspecified atom stereocenters. The third kappa shape index (κ3) is 5.05. The Hall–Kier alpha value is -1.90.